The van der Waals surface area contributed by atoms with Crippen LogP contribution in [0.2, 0.25) is 0 Å². The maximum atomic E-state index is 13.2. The molecule has 4 rings (SSSR count). The van der Waals surface area contributed by atoms with Crippen LogP contribution < -0.4 is 5.32 Å². The fourth-order valence-corrected chi connectivity index (χ4v) is 2.74. The first-order chi connectivity index (χ1) is 12.1. The minimum Gasteiger partial charge on any atom is -0.455 e. The van der Waals surface area contributed by atoms with E-state index in [-0.39, 0.29) is 23.7 Å². The topological polar surface area (TPSA) is 94.3 Å². The van der Waals surface area contributed by atoms with Crippen LogP contribution in [0.3, 0.4) is 0 Å². The van der Waals surface area contributed by atoms with Gasteiger partial charge in [-0.25, -0.2) is 4.39 Å². The molecule has 7 nitrogen and oxygen atoms in total. The van der Waals surface area contributed by atoms with Crippen molar-refractivity contribution in [2.45, 2.75) is 31.1 Å². The van der Waals surface area contributed by atoms with Gasteiger partial charge in [0.05, 0.1) is 5.92 Å². The standard InChI is InChI=1S/C17H16FN3O4/c18-11-3-1-2-10(6-11)12-7-13(12)16(23)24-8-14(22)19-17-21-20-15(25-17)9-4-5-9/h1-3,6,9,12-13H,4-5,7-8H2,(H,19,21,22). The lowest BCUT2D eigenvalue weighted by Crippen LogP contribution is -2.21. The van der Waals surface area contributed by atoms with Gasteiger partial charge in [-0.15, -0.1) is 5.10 Å². The molecule has 0 radical (unpaired) electrons. The summed E-state index contributed by atoms with van der Waals surface area (Å²) in [6.45, 7) is -0.424. The largest absolute Gasteiger partial charge is 0.455 e. The van der Waals surface area contributed by atoms with Gasteiger partial charge in [-0.3, -0.25) is 14.9 Å². The molecule has 2 aliphatic carbocycles. The van der Waals surface area contributed by atoms with E-state index >= 15 is 0 Å². The highest BCUT2D eigenvalue weighted by Gasteiger charge is 2.45. The van der Waals surface area contributed by atoms with Crippen molar-refractivity contribution >= 4 is 17.9 Å². The number of anilines is 1. The third-order valence-corrected chi connectivity index (χ3v) is 4.33. The molecule has 8 heteroatoms. The zero-order chi connectivity index (χ0) is 17.4. The number of rotatable bonds is 6. The number of aromatic nitrogens is 2. The van der Waals surface area contributed by atoms with Crippen molar-refractivity contribution in [2.75, 3.05) is 11.9 Å². The molecule has 25 heavy (non-hydrogen) atoms. The number of hydrogen-bond acceptors (Lipinski definition) is 6. The Kier molecular flexibility index (Phi) is 3.95. The maximum absolute atomic E-state index is 13.2. The van der Waals surface area contributed by atoms with Gasteiger partial charge in [-0.05, 0) is 42.9 Å². The molecule has 2 fully saturated rings. The predicted octanol–water partition coefficient (Wildman–Crippen LogP) is 2.37. The highest BCUT2D eigenvalue weighted by molar-refractivity contribution is 5.91. The van der Waals surface area contributed by atoms with E-state index in [1.165, 1.54) is 12.1 Å². The molecule has 2 aliphatic rings. The Balaban J connectivity index is 1.24. The third-order valence-electron chi connectivity index (χ3n) is 4.33. The molecule has 2 atom stereocenters. The first kappa shape index (κ1) is 15.7. The van der Waals surface area contributed by atoms with Crippen molar-refractivity contribution in [3.63, 3.8) is 0 Å². The fraction of sp³-hybridized carbons (Fsp3) is 0.412. The van der Waals surface area contributed by atoms with E-state index in [9.17, 15) is 14.0 Å². The number of carbonyl (C=O) groups excluding carboxylic acids is 2. The Morgan fingerprint density at radius 1 is 1.32 bits per heavy atom. The molecule has 1 aromatic carbocycles. The maximum Gasteiger partial charge on any atom is 0.322 e. The Bertz CT molecular complexity index is 818. The molecule has 2 unspecified atom stereocenters. The van der Waals surface area contributed by atoms with E-state index in [0.717, 1.165) is 18.4 Å². The molecule has 0 bridgehead atoms. The molecule has 0 spiro atoms. The van der Waals surface area contributed by atoms with Crippen LogP contribution in [0.25, 0.3) is 0 Å². The number of halogens is 1. The number of nitrogens with zero attached hydrogens (tertiary/aromatic N) is 2. The minimum absolute atomic E-state index is 0.00649. The van der Waals surface area contributed by atoms with Gasteiger partial charge in [0.1, 0.15) is 5.82 Å². The molecule has 0 aliphatic heterocycles. The number of benzene rings is 1. The molecular weight excluding hydrogens is 329 g/mol. The minimum atomic E-state index is -0.540. The van der Waals surface area contributed by atoms with Gasteiger partial charge in [0, 0.05) is 5.92 Å². The first-order valence-corrected chi connectivity index (χ1v) is 8.15. The van der Waals surface area contributed by atoms with E-state index in [0.29, 0.717) is 18.2 Å². The molecule has 2 saturated carbocycles. The monoisotopic (exact) mass is 345 g/mol. The summed E-state index contributed by atoms with van der Waals surface area (Å²) in [6, 6.07) is 6.17. The summed E-state index contributed by atoms with van der Waals surface area (Å²) in [5.41, 5.74) is 0.768. The summed E-state index contributed by atoms with van der Waals surface area (Å²) in [6.07, 6.45) is 2.63. The normalized spacial score (nSPS) is 21.6. The number of hydrogen-bond donors (Lipinski definition) is 1. The van der Waals surface area contributed by atoms with Crippen molar-refractivity contribution in [2.24, 2.45) is 5.92 Å². The van der Waals surface area contributed by atoms with Gasteiger partial charge < -0.3 is 9.15 Å². The summed E-state index contributed by atoms with van der Waals surface area (Å²) in [7, 11) is 0. The zero-order valence-electron chi connectivity index (χ0n) is 13.3. The van der Waals surface area contributed by atoms with Crippen molar-refractivity contribution < 1.29 is 23.1 Å². The molecular formula is C17H16FN3O4. The second-order valence-corrected chi connectivity index (χ2v) is 6.38. The molecule has 1 amide bonds. The van der Waals surface area contributed by atoms with Gasteiger partial charge >= 0.3 is 12.0 Å². The highest BCUT2D eigenvalue weighted by atomic mass is 19.1. The number of esters is 1. The third kappa shape index (κ3) is 3.67. The van der Waals surface area contributed by atoms with Crippen LogP contribution in [-0.2, 0) is 14.3 Å². The molecule has 130 valence electrons. The summed E-state index contributed by atoms with van der Waals surface area (Å²) >= 11 is 0. The second-order valence-electron chi connectivity index (χ2n) is 6.38. The van der Waals surface area contributed by atoms with Gasteiger partial charge in [0.25, 0.3) is 5.91 Å². The SMILES string of the molecule is O=C(COC(=O)C1CC1c1cccc(F)c1)Nc1nnc(C2CC2)o1. The summed E-state index contributed by atoms with van der Waals surface area (Å²) in [5.74, 6) is -0.909. The number of amides is 1. The van der Waals surface area contributed by atoms with Crippen LogP contribution in [0.15, 0.2) is 28.7 Å². The quantitative estimate of drug-likeness (QED) is 0.808. The van der Waals surface area contributed by atoms with Crippen molar-refractivity contribution in [1.29, 1.82) is 0 Å². The number of carbonyl (C=O) groups is 2. The highest BCUT2D eigenvalue weighted by Crippen LogP contribution is 2.48. The Morgan fingerprint density at radius 2 is 2.16 bits per heavy atom. The molecule has 1 heterocycles. The molecule has 0 saturated heterocycles. The lowest BCUT2D eigenvalue weighted by atomic mass is 10.1. The van der Waals surface area contributed by atoms with Gasteiger partial charge in [-0.2, -0.15) is 0 Å². The van der Waals surface area contributed by atoms with Gasteiger partial charge in [0.2, 0.25) is 5.89 Å². The average molecular weight is 345 g/mol. The van der Waals surface area contributed by atoms with Gasteiger partial charge in [-0.1, -0.05) is 17.2 Å². The lowest BCUT2D eigenvalue weighted by molar-refractivity contribution is -0.148. The zero-order valence-corrected chi connectivity index (χ0v) is 13.3. The van der Waals surface area contributed by atoms with Crippen molar-refractivity contribution in [1.82, 2.24) is 10.2 Å². The molecule has 2 aromatic rings. The second kappa shape index (κ2) is 6.27. The van der Waals surface area contributed by atoms with Crippen LogP contribution in [-0.4, -0.2) is 28.7 Å². The van der Waals surface area contributed by atoms with Crippen molar-refractivity contribution in [3.8, 4) is 0 Å². The van der Waals surface area contributed by atoms with E-state index in [2.05, 4.69) is 15.5 Å². The Morgan fingerprint density at radius 3 is 2.92 bits per heavy atom. The van der Waals surface area contributed by atoms with E-state index in [1.54, 1.807) is 12.1 Å². The number of ether oxygens (including phenoxy) is 1. The molecule has 1 N–H and O–H groups in total. The summed E-state index contributed by atoms with van der Waals surface area (Å²) in [5, 5.41) is 9.98. The average Bonchev–Trinajstić information content (AvgIpc) is 3.51. The summed E-state index contributed by atoms with van der Waals surface area (Å²) < 4.78 is 23.5. The van der Waals surface area contributed by atoms with E-state index < -0.39 is 18.5 Å². The fourth-order valence-electron chi connectivity index (χ4n) is 2.74. The first-order valence-electron chi connectivity index (χ1n) is 8.15. The van der Waals surface area contributed by atoms with Gasteiger partial charge in [0.15, 0.2) is 6.61 Å². The van der Waals surface area contributed by atoms with Crippen LogP contribution in [0.4, 0.5) is 10.4 Å². The Labute approximate surface area is 142 Å². The Hall–Kier alpha value is -2.77. The summed E-state index contributed by atoms with van der Waals surface area (Å²) in [4.78, 5) is 23.8. The predicted molar refractivity (Wildman–Crippen MR) is 83.1 cm³/mol. The van der Waals surface area contributed by atoms with Crippen molar-refractivity contribution in [3.05, 3.63) is 41.5 Å². The van der Waals surface area contributed by atoms with Crippen LogP contribution in [0.5, 0.6) is 0 Å². The van der Waals surface area contributed by atoms with E-state index in [1.807, 2.05) is 0 Å². The smallest absolute Gasteiger partial charge is 0.322 e. The van der Waals surface area contributed by atoms with E-state index in [4.69, 9.17) is 9.15 Å². The lowest BCUT2D eigenvalue weighted by Gasteiger charge is -2.04. The van der Waals surface area contributed by atoms with Crippen LogP contribution in [0, 0.1) is 11.7 Å². The van der Waals surface area contributed by atoms with Crippen LogP contribution >= 0.6 is 0 Å². The number of nitrogens with one attached hydrogen (secondary N) is 1. The molecule has 1 aromatic heterocycles. The van der Waals surface area contributed by atoms with Crippen LogP contribution in [0.1, 0.15) is 42.6 Å².